The minimum atomic E-state index is -3.81. The van der Waals surface area contributed by atoms with Crippen molar-refractivity contribution in [1.29, 1.82) is 0 Å². The second-order valence-electron chi connectivity index (χ2n) is 4.28. The van der Waals surface area contributed by atoms with Gasteiger partial charge in [-0.25, -0.2) is 4.98 Å². The number of anilines is 1. The Balaban J connectivity index is 2.09. The van der Waals surface area contributed by atoms with Crippen LogP contribution in [0.5, 0.6) is 0 Å². The Kier molecular flexibility index (Phi) is 3.25. The second kappa shape index (κ2) is 4.44. The summed E-state index contributed by atoms with van der Waals surface area (Å²) < 4.78 is 27.4. The molecule has 0 bridgehead atoms. The third kappa shape index (κ3) is 2.18. The van der Waals surface area contributed by atoms with E-state index in [0.29, 0.717) is 6.42 Å². The molecular formula is C11H11ClF2N2O2. The number of nitrogens with one attached hydrogen (secondary N) is 1. The van der Waals surface area contributed by atoms with Crippen LogP contribution in [0.15, 0.2) is 18.3 Å². The van der Waals surface area contributed by atoms with Gasteiger partial charge >= 0.3 is 5.92 Å². The van der Waals surface area contributed by atoms with Crippen LogP contribution >= 0.6 is 11.6 Å². The number of rotatable bonds is 3. The molecule has 0 atom stereocenters. The number of hydrogen-bond acceptors (Lipinski definition) is 3. The molecule has 98 valence electrons. The van der Waals surface area contributed by atoms with E-state index in [0.717, 1.165) is 0 Å². The summed E-state index contributed by atoms with van der Waals surface area (Å²) in [6.07, 6.45) is 1.50. The smallest absolute Gasteiger partial charge is 0.352 e. The van der Waals surface area contributed by atoms with Crippen LogP contribution in [0.1, 0.15) is 19.3 Å². The molecule has 2 rings (SSSR count). The lowest BCUT2D eigenvalue weighted by Gasteiger charge is -2.41. The first-order valence-corrected chi connectivity index (χ1v) is 5.76. The van der Waals surface area contributed by atoms with Crippen LogP contribution in [-0.2, 0) is 4.79 Å². The number of alkyl halides is 2. The fourth-order valence-electron chi connectivity index (χ4n) is 1.70. The van der Waals surface area contributed by atoms with Gasteiger partial charge in [0.15, 0.2) is 0 Å². The molecule has 0 spiro atoms. The topological polar surface area (TPSA) is 62.2 Å². The standard InChI is InChI=1S/C11H11ClF2N2O2/c12-8-3-2-7(6-15-8)16-9(17)11(13,14)10(18)4-1-5-10/h2-3,6,18H,1,4-5H2,(H,16,17). The van der Waals surface area contributed by atoms with Gasteiger partial charge in [-0.2, -0.15) is 8.78 Å². The van der Waals surface area contributed by atoms with Crippen LogP contribution in [-0.4, -0.2) is 27.5 Å². The molecule has 1 aliphatic rings. The largest absolute Gasteiger partial charge is 0.383 e. The summed E-state index contributed by atoms with van der Waals surface area (Å²) in [5.74, 6) is -5.35. The molecule has 1 heterocycles. The molecule has 0 aliphatic heterocycles. The number of amides is 1. The maximum Gasteiger partial charge on any atom is 0.352 e. The normalized spacial score (nSPS) is 18.0. The van der Waals surface area contributed by atoms with Crippen molar-refractivity contribution in [2.45, 2.75) is 30.8 Å². The van der Waals surface area contributed by atoms with Gasteiger partial charge in [-0.3, -0.25) is 4.79 Å². The number of carbonyl (C=O) groups is 1. The van der Waals surface area contributed by atoms with Crippen molar-refractivity contribution in [2.75, 3.05) is 5.32 Å². The van der Waals surface area contributed by atoms with E-state index in [1.54, 1.807) is 0 Å². The lowest BCUT2D eigenvalue weighted by atomic mass is 9.75. The van der Waals surface area contributed by atoms with Gasteiger partial charge in [-0.15, -0.1) is 0 Å². The predicted molar refractivity (Wildman–Crippen MR) is 61.6 cm³/mol. The zero-order valence-corrected chi connectivity index (χ0v) is 10.0. The number of aromatic nitrogens is 1. The molecule has 18 heavy (non-hydrogen) atoms. The van der Waals surface area contributed by atoms with E-state index in [2.05, 4.69) is 4.98 Å². The number of aliphatic hydroxyl groups is 1. The SMILES string of the molecule is O=C(Nc1ccc(Cl)nc1)C(F)(F)C1(O)CCC1. The third-order valence-electron chi connectivity index (χ3n) is 3.04. The van der Waals surface area contributed by atoms with Gasteiger partial charge in [0.25, 0.3) is 5.91 Å². The molecule has 1 aliphatic carbocycles. The molecule has 0 unspecified atom stereocenters. The molecule has 1 aromatic rings. The number of hydrogen-bond donors (Lipinski definition) is 2. The molecule has 2 N–H and O–H groups in total. The highest BCUT2D eigenvalue weighted by Crippen LogP contribution is 2.44. The first kappa shape index (κ1) is 13.2. The van der Waals surface area contributed by atoms with Gasteiger partial charge in [0, 0.05) is 0 Å². The average Bonchev–Trinajstić information content (AvgIpc) is 2.28. The predicted octanol–water partition coefficient (Wildman–Crippen LogP) is 2.22. The van der Waals surface area contributed by atoms with Gasteiger partial charge in [0.1, 0.15) is 10.8 Å². The van der Waals surface area contributed by atoms with Crippen molar-refractivity contribution < 1.29 is 18.7 Å². The molecule has 1 amide bonds. The highest BCUT2D eigenvalue weighted by molar-refractivity contribution is 6.29. The summed E-state index contributed by atoms with van der Waals surface area (Å²) in [4.78, 5) is 15.1. The zero-order valence-electron chi connectivity index (χ0n) is 9.29. The molecule has 7 heteroatoms. The Labute approximate surface area is 107 Å². The van der Waals surface area contributed by atoms with Gasteiger partial charge in [-0.05, 0) is 31.4 Å². The fourth-order valence-corrected chi connectivity index (χ4v) is 1.81. The van der Waals surface area contributed by atoms with E-state index in [-0.39, 0.29) is 23.7 Å². The minimum absolute atomic E-state index is 0.0771. The lowest BCUT2D eigenvalue weighted by molar-refractivity contribution is -0.212. The van der Waals surface area contributed by atoms with E-state index in [4.69, 9.17) is 11.6 Å². The number of halogens is 3. The molecule has 0 radical (unpaired) electrons. The van der Waals surface area contributed by atoms with Crippen molar-refractivity contribution in [2.24, 2.45) is 0 Å². The van der Waals surface area contributed by atoms with Crippen LogP contribution < -0.4 is 5.32 Å². The second-order valence-corrected chi connectivity index (χ2v) is 4.67. The van der Waals surface area contributed by atoms with Crippen LogP contribution in [0.2, 0.25) is 5.15 Å². The van der Waals surface area contributed by atoms with Crippen molar-refractivity contribution in [3.63, 3.8) is 0 Å². The van der Waals surface area contributed by atoms with Gasteiger partial charge in [-0.1, -0.05) is 11.6 Å². The Morgan fingerprint density at radius 2 is 2.17 bits per heavy atom. The van der Waals surface area contributed by atoms with Gasteiger partial charge in [0.2, 0.25) is 0 Å². The Morgan fingerprint density at radius 3 is 2.61 bits per heavy atom. The monoisotopic (exact) mass is 276 g/mol. The quantitative estimate of drug-likeness (QED) is 0.832. The molecule has 0 aromatic carbocycles. The lowest BCUT2D eigenvalue weighted by Crippen LogP contribution is -2.59. The maximum absolute atomic E-state index is 13.7. The fraction of sp³-hybridized carbons (Fsp3) is 0.455. The minimum Gasteiger partial charge on any atom is -0.383 e. The zero-order chi connectivity index (χ0) is 13.4. The van der Waals surface area contributed by atoms with Gasteiger partial charge < -0.3 is 10.4 Å². The maximum atomic E-state index is 13.7. The van der Waals surface area contributed by atoms with Gasteiger partial charge in [0.05, 0.1) is 11.9 Å². The summed E-state index contributed by atoms with van der Waals surface area (Å²) in [7, 11) is 0. The first-order chi connectivity index (χ1) is 8.35. The molecule has 1 fully saturated rings. The van der Waals surface area contributed by atoms with E-state index in [1.807, 2.05) is 5.32 Å². The van der Waals surface area contributed by atoms with Crippen molar-refractivity contribution >= 4 is 23.2 Å². The summed E-state index contributed by atoms with van der Waals surface area (Å²) in [5.41, 5.74) is -2.12. The first-order valence-electron chi connectivity index (χ1n) is 5.38. The van der Waals surface area contributed by atoms with E-state index >= 15 is 0 Å². The number of pyridine rings is 1. The molecule has 1 saturated carbocycles. The average molecular weight is 277 g/mol. The molecule has 0 saturated heterocycles. The highest BCUT2D eigenvalue weighted by Gasteiger charge is 2.61. The van der Waals surface area contributed by atoms with Crippen LogP contribution in [0.3, 0.4) is 0 Å². The molecular weight excluding hydrogens is 266 g/mol. The number of nitrogens with zero attached hydrogens (tertiary/aromatic N) is 1. The third-order valence-corrected chi connectivity index (χ3v) is 3.26. The van der Waals surface area contributed by atoms with E-state index in [1.165, 1.54) is 18.3 Å². The van der Waals surface area contributed by atoms with Crippen molar-refractivity contribution in [3.8, 4) is 0 Å². The van der Waals surface area contributed by atoms with Crippen LogP contribution in [0.25, 0.3) is 0 Å². The Bertz CT molecular complexity index is 461. The Hall–Kier alpha value is -1.27. The van der Waals surface area contributed by atoms with Crippen molar-refractivity contribution in [1.82, 2.24) is 4.98 Å². The number of carbonyl (C=O) groups excluding carboxylic acids is 1. The van der Waals surface area contributed by atoms with Crippen LogP contribution in [0.4, 0.5) is 14.5 Å². The Morgan fingerprint density at radius 1 is 1.50 bits per heavy atom. The highest BCUT2D eigenvalue weighted by atomic mass is 35.5. The molecule has 1 aromatic heterocycles. The van der Waals surface area contributed by atoms with Crippen molar-refractivity contribution in [3.05, 3.63) is 23.5 Å². The summed E-state index contributed by atoms with van der Waals surface area (Å²) in [6, 6.07) is 2.72. The van der Waals surface area contributed by atoms with E-state index < -0.39 is 17.4 Å². The van der Waals surface area contributed by atoms with E-state index in [9.17, 15) is 18.7 Å². The molecule has 4 nitrogen and oxygen atoms in total. The summed E-state index contributed by atoms with van der Waals surface area (Å²) in [5, 5.41) is 11.8. The summed E-state index contributed by atoms with van der Waals surface area (Å²) >= 11 is 5.53. The van der Waals surface area contributed by atoms with Crippen LogP contribution in [0, 0.1) is 0 Å². The summed E-state index contributed by atoms with van der Waals surface area (Å²) in [6.45, 7) is 0.